The lowest BCUT2D eigenvalue weighted by molar-refractivity contribution is 0.150. The summed E-state index contributed by atoms with van der Waals surface area (Å²) in [5.41, 5.74) is 6.67. The number of halogens is 1. The van der Waals surface area contributed by atoms with Crippen molar-refractivity contribution in [2.75, 3.05) is 33.4 Å². The van der Waals surface area contributed by atoms with Crippen molar-refractivity contribution in [1.29, 1.82) is 0 Å². The van der Waals surface area contributed by atoms with Crippen LogP contribution in [-0.2, 0) is 4.74 Å². The molecule has 1 heterocycles. The van der Waals surface area contributed by atoms with Gasteiger partial charge in [0.05, 0.1) is 6.61 Å². The van der Waals surface area contributed by atoms with E-state index in [0.717, 1.165) is 13.2 Å². The van der Waals surface area contributed by atoms with Crippen molar-refractivity contribution in [1.82, 2.24) is 4.90 Å². The Hall–Kier alpha value is 0.170. The predicted octanol–water partition coefficient (Wildman–Crippen LogP) is 1.26. The number of ether oxygens (including phenoxy) is 1. The topological polar surface area (TPSA) is 38.5 Å². The fourth-order valence-electron chi connectivity index (χ4n) is 3.07. The lowest BCUT2D eigenvalue weighted by Gasteiger charge is -2.28. The third-order valence-electron chi connectivity index (χ3n) is 4.05. The van der Waals surface area contributed by atoms with Crippen LogP contribution in [0, 0.1) is 5.41 Å². The van der Waals surface area contributed by atoms with Crippen molar-refractivity contribution in [2.24, 2.45) is 11.1 Å². The van der Waals surface area contributed by atoms with E-state index < -0.39 is 0 Å². The van der Waals surface area contributed by atoms with Gasteiger partial charge in [0, 0.05) is 26.2 Å². The molecule has 1 spiro atoms. The molecule has 2 atom stereocenters. The molecule has 1 saturated carbocycles. The summed E-state index contributed by atoms with van der Waals surface area (Å²) in [6.07, 6.45) is 5.22. The number of nitrogens with two attached hydrogens (primary N) is 1. The van der Waals surface area contributed by atoms with Gasteiger partial charge >= 0.3 is 0 Å². The van der Waals surface area contributed by atoms with Gasteiger partial charge in [-0.05, 0) is 31.2 Å². The van der Waals surface area contributed by atoms with E-state index in [9.17, 15) is 0 Å². The molecule has 2 aliphatic rings. The van der Waals surface area contributed by atoms with E-state index in [0.29, 0.717) is 11.5 Å². The van der Waals surface area contributed by atoms with Gasteiger partial charge in [0.25, 0.3) is 0 Å². The van der Waals surface area contributed by atoms with Gasteiger partial charge in [-0.15, -0.1) is 12.4 Å². The lowest BCUT2D eigenvalue weighted by Crippen LogP contribution is -2.39. The smallest absolute Gasteiger partial charge is 0.0589 e. The zero-order chi connectivity index (χ0) is 10.0. The second kappa shape index (κ2) is 5.48. The van der Waals surface area contributed by atoms with Crippen molar-refractivity contribution in [2.45, 2.75) is 31.7 Å². The molecule has 1 saturated heterocycles. The number of hydrogen-bond acceptors (Lipinski definition) is 3. The van der Waals surface area contributed by atoms with Gasteiger partial charge in [0.1, 0.15) is 0 Å². The van der Waals surface area contributed by atoms with Crippen LogP contribution in [0.1, 0.15) is 25.7 Å². The van der Waals surface area contributed by atoms with Crippen molar-refractivity contribution in [3.63, 3.8) is 0 Å². The first kappa shape index (κ1) is 13.2. The molecule has 0 radical (unpaired) electrons. The van der Waals surface area contributed by atoms with E-state index in [-0.39, 0.29) is 12.4 Å². The van der Waals surface area contributed by atoms with Gasteiger partial charge in [-0.2, -0.15) is 0 Å². The quantitative estimate of drug-likeness (QED) is 0.799. The standard InChI is InChI=1S/C11H22N2O.ClH/c1-14-8-7-13-6-5-11(9-13)4-2-3-10(11)12;/h10H,2-9,12H2,1H3;1H. The van der Waals surface area contributed by atoms with Crippen LogP contribution >= 0.6 is 12.4 Å². The molecule has 0 aromatic heterocycles. The lowest BCUT2D eigenvalue weighted by atomic mass is 9.82. The fourth-order valence-corrected chi connectivity index (χ4v) is 3.07. The Morgan fingerprint density at radius 2 is 2.27 bits per heavy atom. The first-order valence-corrected chi connectivity index (χ1v) is 5.74. The molecule has 3 nitrogen and oxygen atoms in total. The van der Waals surface area contributed by atoms with E-state index in [4.69, 9.17) is 10.5 Å². The maximum atomic E-state index is 6.21. The van der Waals surface area contributed by atoms with Crippen LogP contribution in [0.3, 0.4) is 0 Å². The molecule has 15 heavy (non-hydrogen) atoms. The van der Waals surface area contributed by atoms with Gasteiger partial charge in [-0.25, -0.2) is 0 Å². The molecule has 0 aromatic rings. The van der Waals surface area contributed by atoms with Crippen LogP contribution < -0.4 is 5.73 Å². The molecule has 0 amide bonds. The number of nitrogens with zero attached hydrogens (tertiary/aromatic N) is 1. The Balaban J connectivity index is 0.00000112. The minimum atomic E-state index is 0. The highest BCUT2D eigenvalue weighted by atomic mass is 35.5. The van der Waals surface area contributed by atoms with Crippen molar-refractivity contribution < 1.29 is 4.74 Å². The molecule has 0 aromatic carbocycles. The Morgan fingerprint density at radius 1 is 1.47 bits per heavy atom. The third kappa shape index (κ3) is 2.64. The normalized spacial score (nSPS) is 36.0. The summed E-state index contributed by atoms with van der Waals surface area (Å²) in [6, 6.07) is 0.454. The van der Waals surface area contributed by atoms with Crippen LogP contribution in [0.5, 0.6) is 0 Å². The molecule has 2 N–H and O–H groups in total. The third-order valence-corrected chi connectivity index (χ3v) is 4.05. The number of likely N-dealkylation sites (tertiary alicyclic amines) is 1. The molecule has 0 bridgehead atoms. The summed E-state index contributed by atoms with van der Waals surface area (Å²) < 4.78 is 5.11. The SMILES string of the molecule is COCCN1CCC2(CCCC2N)C1.Cl. The molecular weight excluding hydrogens is 212 g/mol. The molecule has 90 valence electrons. The molecule has 2 fully saturated rings. The van der Waals surface area contributed by atoms with E-state index in [1.54, 1.807) is 7.11 Å². The minimum absolute atomic E-state index is 0. The van der Waals surface area contributed by atoms with Crippen molar-refractivity contribution in [3.05, 3.63) is 0 Å². The van der Waals surface area contributed by atoms with Gasteiger partial charge in [0.2, 0.25) is 0 Å². The zero-order valence-electron chi connectivity index (χ0n) is 9.58. The van der Waals surface area contributed by atoms with Crippen molar-refractivity contribution in [3.8, 4) is 0 Å². The summed E-state index contributed by atoms with van der Waals surface area (Å²) >= 11 is 0. The predicted molar refractivity (Wildman–Crippen MR) is 64.4 cm³/mol. The first-order valence-electron chi connectivity index (χ1n) is 5.74. The largest absolute Gasteiger partial charge is 0.383 e. The molecule has 2 unspecified atom stereocenters. The monoisotopic (exact) mass is 234 g/mol. The fraction of sp³-hybridized carbons (Fsp3) is 1.00. The summed E-state index contributed by atoms with van der Waals surface area (Å²) in [6.45, 7) is 4.35. The Kier molecular flexibility index (Phi) is 4.84. The Morgan fingerprint density at radius 3 is 2.87 bits per heavy atom. The number of methoxy groups -OCH3 is 1. The average molecular weight is 235 g/mol. The second-order valence-corrected chi connectivity index (χ2v) is 4.88. The van der Waals surface area contributed by atoms with Gasteiger partial charge in [-0.1, -0.05) is 6.42 Å². The highest BCUT2D eigenvalue weighted by Gasteiger charge is 2.45. The van der Waals surface area contributed by atoms with Gasteiger partial charge in [-0.3, -0.25) is 0 Å². The summed E-state index contributed by atoms with van der Waals surface area (Å²) in [5.74, 6) is 0. The first-order chi connectivity index (χ1) is 6.77. The summed E-state index contributed by atoms with van der Waals surface area (Å²) in [7, 11) is 1.77. The van der Waals surface area contributed by atoms with Gasteiger partial charge in [0.15, 0.2) is 0 Å². The van der Waals surface area contributed by atoms with E-state index >= 15 is 0 Å². The minimum Gasteiger partial charge on any atom is -0.383 e. The van der Waals surface area contributed by atoms with Crippen LogP contribution in [0.2, 0.25) is 0 Å². The Bertz CT molecular complexity index is 203. The van der Waals surface area contributed by atoms with E-state index in [1.165, 1.54) is 38.8 Å². The Labute approximate surface area is 98.7 Å². The van der Waals surface area contributed by atoms with Crippen LogP contribution in [0.15, 0.2) is 0 Å². The second-order valence-electron chi connectivity index (χ2n) is 4.88. The molecule has 2 rings (SSSR count). The van der Waals surface area contributed by atoms with Crippen molar-refractivity contribution >= 4 is 12.4 Å². The number of hydrogen-bond donors (Lipinski definition) is 1. The van der Waals surface area contributed by atoms with E-state index in [2.05, 4.69) is 4.90 Å². The van der Waals surface area contributed by atoms with Crippen LogP contribution in [-0.4, -0.2) is 44.3 Å². The van der Waals surface area contributed by atoms with Gasteiger partial charge < -0.3 is 15.4 Å². The molecular formula is C11H23ClN2O. The molecule has 4 heteroatoms. The summed E-state index contributed by atoms with van der Waals surface area (Å²) in [5, 5.41) is 0. The molecule has 1 aliphatic carbocycles. The van der Waals surface area contributed by atoms with Crippen LogP contribution in [0.25, 0.3) is 0 Å². The van der Waals surface area contributed by atoms with Crippen LogP contribution in [0.4, 0.5) is 0 Å². The maximum absolute atomic E-state index is 6.21. The molecule has 1 aliphatic heterocycles. The maximum Gasteiger partial charge on any atom is 0.0589 e. The highest BCUT2D eigenvalue weighted by molar-refractivity contribution is 5.85. The highest BCUT2D eigenvalue weighted by Crippen LogP contribution is 2.44. The van der Waals surface area contributed by atoms with E-state index in [1.807, 2.05) is 0 Å². The number of rotatable bonds is 3. The summed E-state index contributed by atoms with van der Waals surface area (Å²) in [4.78, 5) is 2.51. The average Bonchev–Trinajstić information content (AvgIpc) is 2.74. The zero-order valence-corrected chi connectivity index (χ0v) is 10.4.